The Labute approximate surface area is 116 Å². The van der Waals surface area contributed by atoms with E-state index in [4.69, 9.17) is 22.4 Å². The molecule has 4 nitrogen and oxygen atoms in total. The third-order valence-electron chi connectivity index (χ3n) is 2.74. The molecule has 0 bridgehead atoms. The topological polar surface area (TPSA) is 68.3 Å². The maximum absolute atomic E-state index is 12.1. The van der Waals surface area contributed by atoms with Crippen LogP contribution in [0.1, 0.15) is 28.6 Å². The average Bonchev–Trinajstić information content (AvgIpc) is 2.87. The molecule has 0 aliphatic rings. The van der Waals surface area contributed by atoms with E-state index >= 15 is 0 Å². The highest BCUT2D eigenvalue weighted by molar-refractivity contribution is 7.80. The molecule has 0 fully saturated rings. The van der Waals surface area contributed by atoms with Gasteiger partial charge in [0, 0.05) is 17.7 Å². The number of hydrogen-bond acceptors (Lipinski definition) is 3. The van der Waals surface area contributed by atoms with Gasteiger partial charge < -0.3 is 15.5 Å². The van der Waals surface area contributed by atoms with E-state index in [1.165, 1.54) is 6.26 Å². The Morgan fingerprint density at radius 3 is 2.58 bits per heavy atom. The van der Waals surface area contributed by atoms with Crippen molar-refractivity contribution in [1.29, 1.82) is 0 Å². The third-order valence-corrected chi connectivity index (χ3v) is 2.97. The summed E-state index contributed by atoms with van der Waals surface area (Å²) in [6.45, 7) is 1.94. The summed E-state index contributed by atoms with van der Waals surface area (Å²) in [5, 5.41) is 2.80. The van der Waals surface area contributed by atoms with E-state index in [1.54, 1.807) is 30.3 Å². The van der Waals surface area contributed by atoms with Gasteiger partial charge in [-0.05, 0) is 30.3 Å². The number of rotatable bonds is 4. The number of carbonyl (C=O) groups excluding carboxylic acids is 1. The molecule has 0 radical (unpaired) electrons. The smallest absolute Gasteiger partial charge is 0.259 e. The Morgan fingerprint density at radius 2 is 2.00 bits per heavy atom. The fourth-order valence-electron chi connectivity index (χ4n) is 1.73. The number of nitrogens with one attached hydrogen (secondary N) is 1. The highest BCUT2D eigenvalue weighted by Gasteiger charge is 2.13. The molecule has 0 saturated heterocycles. The Morgan fingerprint density at radius 1 is 1.32 bits per heavy atom. The number of amides is 1. The zero-order valence-corrected chi connectivity index (χ0v) is 11.3. The lowest BCUT2D eigenvalue weighted by Crippen LogP contribution is -2.13. The number of hydrogen-bond donors (Lipinski definition) is 2. The van der Waals surface area contributed by atoms with Crippen molar-refractivity contribution in [1.82, 2.24) is 0 Å². The highest BCUT2D eigenvalue weighted by Crippen LogP contribution is 2.15. The molecule has 1 heterocycles. The third kappa shape index (κ3) is 3.00. The lowest BCUT2D eigenvalue weighted by atomic mass is 10.1. The minimum Gasteiger partial charge on any atom is -0.469 e. The van der Waals surface area contributed by atoms with Gasteiger partial charge in [0.05, 0.1) is 11.8 Å². The monoisotopic (exact) mass is 274 g/mol. The van der Waals surface area contributed by atoms with Gasteiger partial charge in [-0.2, -0.15) is 0 Å². The van der Waals surface area contributed by atoms with Gasteiger partial charge in [0.2, 0.25) is 0 Å². The number of carbonyl (C=O) groups is 1. The molecule has 0 unspecified atom stereocenters. The van der Waals surface area contributed by atoms with Crippen LogP contribution < -0.4 is 11.1 Å². The number of aryl methyl sites for hydroxylation is 1. The van der Waals surface area contributed by atoms with E-state index < -0.39 is 0 Å². The van der Waals surface area contributed by atoms with Crippen molar-refractivity contribution >= 4 is 28.8 Å². The lowest BCUT2D eigenvalue weighted by molar-refractivity contribution is 0.102. The number of benzene rings is 1. The second kappa shape index (κ2) is 5.67. The summed E-state index contributed by atoms with van der Waals surface area (Å²) < 4.78 is 5.23. The van der Waals surface area contributed by atoms with E-state index in [-0.39, 0.29) is 5.91 Å². The van der Waals surface area contributed by atoms with Gasteiger partial charge in [-0.25, -0.2) is 0 Å². The Bertz CT molecular complexity index is 602. The molecular formula is C14H14N2O2S. The summed E-state index contributed by atoms with van der Waals surface area (Å²) in [4.78, 5) is 12.4. The van der Waals surface area contributed by atoms with Gasteiger partial charge in [-0.1, -0.05) is 19.1 Å². The summed E-state index contributed by atoms with van der Waals surface area (Å²) >= 11 is 4.87. The van der Waals surface area contributed by atoms with E-state index in [0.717, 1.165) is 5.56 Å². The minimum atomic E-state index is -0.186. The first-order chi connectivity index (χ1) is 9.11. The summed E-state index contributed by atoms with van der Waals surface area (Å²) in [6.07, 6.45) is 2.19. The second-order valence-electron chi connectivity index (χ2n) is 4.01. The molecule has 0 aliphatic heterocycles. The zero-order valence-electron chi connectivity index (χ0n) is 10.5. The molecule has 19 heavy (non-hydrogen) atoms. The molecule has 1 amide bonds. The molecule has 3 N–H and O–H groups in total. The second-order valence-corrected chi connectivity index (χ2v) is 4.45. The van der Waals surface area contributed by atoms with E-state index in [9.17, 15) is 4.79 Å². The van der Waals surface area contributed by atoms with Crippen molar-refractivity contribution in [2.24, 2.45) is 5.73 Å². The van der Waals surface area contributed by atoms with Crippen LogP contribution in [0.5, 0.6) is 0 Å². The van der Waals surface area contributed by atoms with Crippen LogP contribution in [0.3, 0.4) is 0 Å². The van der Waals surface area contributed by atoms with Gasteiger partial charge in [-0.3, -0.25) is 4.79 Å². The van der Waals surface area contributed by atoms with Crippen LogP contribution in [0.4, 0.5) is 5.69 Å². The molecule has 5 heteroatoms. The van der Waals surface area contributed by atoms with Crippen molar-refractivity contribution in [3.05, 3.63) is 53.5 Å². The molecule has 0 saturated carbocycles. The van der Waals surface area contributed by atoms with Gasteiger partial charge in [-0.15, -0.1) is 0 Å². The van der Waals surface area contributed by atoms with Crippen molar-refractivity contribution < 1.29 is 9.21 Å². The largest absolute Gasteiger partial charge is 0.469 e. The van der Waals surface area contributed by atoms with Crippen LogP contribution in [0.15, 0.2) is 41.0 Å². The van der Waals surface area contributed by atoms with E-state index in [1.807, 2.05) is 6.92 Å². The van der Waals surface area contributed by atoms with E-state index in [0.29, 0.717) is 28.4 Å². The van der Waals surface area contributed by atoms with Crippen LogP contribution >= 0.6 is 12.2 Å². The molecule has 0 atom stereocenters. The molecule has 2 rings (SSSR count). The first-order valence-electron chi connectivity index (χ1n) is 5.89. The molecular weight excluding hydrogens is 260 g/mol. The Kier molecular flexibility index (Phi) is 3.97. The van der Waals surface area contributed by atoms with Crippen LogP contribution in [0, 0.1) is 0 Å². The maximum atomic E-state index is 12.1. The fraction of sp³-hybridized carbons (Fsp3) is 0.143. The summed E-state index contributed by atoms with van der Waals surface area (Å²) in [6, 6.07) is 8.73. The van der Waals surface area contributed by atoms with Gasteiger partial charge in [0.25, 0.3) is 5.91 Å². The minimum absolute atomic E-state index is 0.186. The van der Waals surface area contributed by atoms with Crippen molar-refractivity contribution in [3.63, 3.8) is 0 Å². The van der Waals surface area contributed by atoms with Crippen molar-refractivity contribution in [3.8, 4) is 0 Å². The Balaban J connectivity index is 2.13. The summed E-state index contributed by atoms with van der Waals surface area (Å²) in [5.74, 6) is 0.492. The van der Waals surface area contributed by atoms with Crippen LogP contribution in [-0.2, 0) is 6.42 Å². The molecule has 98 valence electrons. The number of furan rings is 1. The molecule has 2 aromatic rings. The molecule has 0 aliphatic carbocycles. The molecule has 1 aromatic carbocycles. The van der Waals surface area contributed by atoms with Gasteiger partial charge in [0.15, 0.2) is 0 Å². The standard InChI is InChI=1S/C14H14N2O2S/c1-2-12-11(7-8-18-12)14(17)16-10-5-3-9(4-6-10)13(15)19/h3-8H,2H2,1H3,(H2,15,19)(H,16,17). The normalized spacial score (nSPS) is 10.2. The predicted octanol–water partition coefficient (Wildman–Crippen LogP) is 2.73. The SMILES string of the molecule is CCc1occc1C(=O)Nc1ccc(C(N)=S)cc1. The van der Waals surface area contributed by atoms with Crippen LogP contribution in [-0.4, -0.2) is 10.9 Å². The first kappa shape index (κ1) is 13.3. The quantitative estimate of drug-likeness (QED) is 0.841. The Hall–Kier alpha value is -2.14. The number of anilines is 1. The van der Waals surface area contributed by atoms with E-state index in [2.05, 4.69) is 5.32 Å². The van der Waals surface area contributed by atoms with Gasteiger partial charge in [0.1, 0.15) is 10.7 Å². The first-order valence-corrected chi connectivity index (χ1v) is 6.30. The van der Waals surface area contributed by atoms with Crippen molar-refractivity contribution in [2.75, 3.05) is 5.32 Å². The number of nitrogens with two attached hydrogens (primary N) is 1. The predicted molar refractivity (Wildman–Crippen MR) is 78.4 cm³/mol. The number of thiocarbonyl (C=S) groups is 1. The van der Waals surface area contributed by atoms with Crippen LogP contribution in [0.25, 0.3) is 0 Å². The highest BCUT2D eigenvalue weighted by atomic mass is 32.1. The summed E-state index contributed by atoms with van der Waals surface area (Å²) in [5.41, 5.74) is 7.53. The zero-order chi connectivity index (χ0) is 13.8. The molecule has 0 spiro atoms. The fourth-order valence-corrected chi connectivity index (χ4v) is 1.87. The summed E-state index contributed by atoms with van der Waals surface area (Å²) in [7, 11) is 0. The average molecular weight is 274 g/mol. The molecule has 1 aromatic heterocycles. The van der Waals surface area contributed by atoms with Crippen molar-refractivity contribution in [2.45, 2.75) is 13.3 Å². The lowest BCUT2D eigenvalue weighted by Gasteiger charge is -2.05. The van der Waals surface area contributed by atoms with Gasteiger partial charge >= 0.3 is 0 Å². The van der Waals surface area contributed by atoms with Crippen LogP contribution in [0.2, 0.25) is 0 Å². The maximum Gasteiger partial charge on any atom is 0.259 e.